The lowest BCUT2D eigenvalue weighted by Gasteiger charge is -2.42. The molecular weight excluding hydrogens is 336 g/mol. The van der Waals surface area contributed by atoms with E-state index >= 15 is 0 Å². The first kappa shape index (κ1) is 19.2. The molecule has 1 aromatic carbocycles. The third kappa shape index (κ3) is 5.24. The average molecular weight is 373 g/mol. The summed E-state index contributed by atoms with van der Waals surface area (Å²) >= 11 is 0. The first-order valence-electron chi connectivity index (χ1n) is 11.1. The van der Waals surface area contributed by atoms with Gasteiger partial charge in [0.2, 0.25) is 0 Å². The number of piperidine rings is 2. The molecule has 2 aliphatic heterocycles. The number of nitrogens with zero attached hydrogens (tertiary/aromatic N) is 2. The first-order valence-corrected chi connectivity index (χ1v) is 11.1. The van der Waals surface area contributed by atoms with Crippen LogP contribution in [0, 0.1) is 5.92 Å². The number of benzene rings is 1. The second kappa shape index (κ2) is 9.40. The second-order valence-electron chi connectivity index (χ2n) is 8.86. The van der Waals surface area contributed by atoms with Crippen LogP contribution in [-0.2, 0) is 6.54 Å². The van der Waals surface area contributed by atoms with Crippen LogP contribution in [0.15, 0.2) is 24.3 Å². The van der Waals surface area contributed by atoms with Crippen molar-refractivity contribution in [2.45, 2.75) is 70.1 Å². The monoisotopic (exact) mass is 372 g/mol. The minimum atomic E-state index is 0.365. The van der Waals surface area contributed by atoms with Crippen molar-refractivity contribution in [1.82, 2.24) is 9.80 Å². The van der Waals surface area contributed by atoms with Crippen LogP contribution in [0.4, 0.5) is 0 Å². The van der Waals surface area contributed by atoms with E-state index in [4.69, 9.17) is 4.74 Å². The highest BCUT2D eigenvalue weighted by Gasteiger charge is 2.28. The molecule has 0 unspecified atom stereocenters. The fourth-order valence-corrected chi connectivity index (χ4v) is 5.15. The van der Waals surface area contributed by atoms with E-state index in [1.54, 1.807) is 0 Å². The van der Waals surface area contributed by atoms with Crippen LogP contribution in [0.2, 0.25) is 0 Å². The largest absolute Gasteiger partial charge is 0.490 e. The normalized spacial score (nSPS) is 26.5. The van der Waals surface area contributed by atoms with Gasteiger partial charge in [0.05, 0.1) is 6.10 Å². The molecule has 0 aromatic heterocycles. The smallest absolute Gasteiger partial charge is 0.120 e. The zero-order valence-electron chi connectivity index (χ0n) is 16.7. The van der Waals surface area contributed by atoms with Crippen LogP contribution in [-0.4, -0.2) is 59.8 Å². The number of rotatable bonds is 6. The minimum absolute atomic E-state index is 0.365. The molecule has 4 heteroatoms. The predicted octanol–water partition coefficient (Wildman–Crippen LogP) is 3.68. The van der Waals surface area contributed by atoms with Gasteiger partial charge in [0, 0.05) is 25.7 Å². The number of aliphatic hydroxyl groups is 1. The molecule has 2 heterocycles. The topological polar surface area (TPSA) is 35.9 Å². The molecule has 0 spiro atoms. The summed E-state index contributed by atoms with van der Waals surface area (Å²) < 4.78 is 6.19. The summed E-state index contributed by atoms with van der Waals surface area (Å²) in [5.74, 6) is 1.59. The quantitative estimate of drug-likeness (QED) is 0.826. The predicted molar refractivity (Wildman–Crippen MR) is 109 cm³/mol. The van der Waals surface area contributed by atoms with E-state index in [-0.39, 0.29) is 0 Å². The molecule has 150 valence electrons. The Bertz CT molecular complexity index is 579. The van der Waals surface area contributed by atoms with Crippen molar-refractivity contribution in [2.75, 3.05) is 32.8 Å². The number of hydrogen-bond donors (Lipinski definition) is 1. The Labute approximate surface area is 164 Å². The molecule has 0 bridgehead atoms. The number of likely N-dealkylation sites (tertiary alicyclic amines) is 2. The minimum Gasteiger partial charge on any atom is -0.490 e. The van der Waals surface area contributed by atoms with Crippen LogP contribution in [0.3, 0.4) is 0 Å². The van der Waals surface area contributed by atoms with Crippen LogP contribution >= 0.6 is 0 Å². The second-order valence-corrected chi connectivity index (χ2v) is 8.86. The fourth-order valence-electron chi connectivity index (χ4n) is 5.15. The zero-order valence-corrected chi connectivity index (χ0v) is 16.7. The summed E-state index contributed by atoms with van der Waals surface area (Å²) in [6.07, 6.45) is 10.4. The van der Waals surface area contributed by atoms with E-state index in [0.29, 0.717) is 24.7 Å². The van der Waals surface area contributed by atoms with E-state index in [9.17, 15) is 5.11 Å². The van der Waals surface area contributed by atoms with E-state index < -0.39 is 0 Å². The maximum absolute atomic E-state index is 9.37. The van der Waals surface area contributed by atoms with Crippen LogP contribution in [0.25, 0.3) is 0 Å². The number of ether oxygens (including phenoxy) is 1. The summed E-state index contributed by atoms with van der Waals surface area (Å²) in [7, 11) is 0. The van der Waals surface area contributed by atoms with Gasteiger partial charge < -0.3 is 9.84 Å². The highest BCUT2D eigenvalue weighted by Crippen LogP contribution is 2.26. The average Bonchev–Trinajstić information content (AvgIpc) is 3.22. The van der Waals surface area contributed by atoms with Gasteiger partial charge in [-0.1, -0.05) is 12.1 Å². The molecule has 1 atom stereocenters. The fraction of sp³-hybridized carbons (Fsp3) is 0.739. The molecule has 3 fully saturated rings. The Balaban J connectivity index is 1.30. The number of hydrogen-bond acceptors (Lipinski definition) is 4. The Morgan fingerprint density at radius 3 is 2.56 bits per heavy atom. The molecule has 27 heavy (non-hydrogen) atoms. The van der Waals surface area contributed by atoms with Crippen molar-refractivity contribution in [1.29, 1.82) is 0 Å². The SMILES string of the molecule is OCC1CCN([C@H]2CCCN(Cc3cccc(OC4CCCC4)c3)C2)CC1. The summed E-state index contributed by atoms with van der Waals surface area (Å²) in [6.45, 7) is 6.10. The molecule has 3 aliphatic rings. The molecule has 1 aliphatic carbocycles. The van der Waals surface area contributed by atoms with Crippen molar-refractivity contribution >= 4 is 0 Å². The van der Waals surface area contributed by atoms with Crippen molar-refractivity contribution in [3.8, 4) is 5.75 Å². The van der Waals surface area contributed by atoms with Crippen molar-refractivity contribution in [2.24, 2.45) is 5.92 Å². The van der Waals surface area contributed by atoms with Crippen LogP contribution in [0.5, 0.6) is 5.75 Å². The molecule has 0 amide bonds. The molecule has 1 saturated carbocycles. The van der Waals surface area contributed by atoms with Gasteiger partial charge in [-0.2, -0.15) is 0 Å². The third-order valence-electron chi connectivity index (χ3n) is 6.81. The van der Waals surface area contributed by atoms with Crippen LogP contribution < -0.4 is 4.74 Å². The molecular formula is C23H36N2O2. The Kier molecular flexibility index (Phi) is 6.69. The number of aliphatic hydroxyl groups excluding tert-OH is 1. The zero-order chi connectivity index (χ0) is 18.5. The Morgan fingerprint density at radius 1 is 0.963 bits per heavy atom. The summed E-state index contributed by atoms with van der Waals surface area (Å²) in [5, 5.41) is 9.37. The molecule has 1 aromatic rings. The standard InChI is InChI=1S/C23H36N2O2/c26-18-19-10-13-25(14-11-19)21-6-4-12-24(17-21)16-20-5-3-9-23(15-20)27-22-7-1-2-8-22/h3,5,9,15,19,21-22,26H,1-2,4,6-8,10-14,16-18H2/t21-/m0/s1. The van der Waals surface area contributed by atoms with Gasteiger partial charge in [-0.25, -0.2) is 0 Å². The van der Waals surface area contributed by atoms with E-state index in [2.05, 4.69) is 34.1 Å². The summed E-state index contributed by atoms with van der Waals surface area (Å²) in [5.41, 5.74) is 1.38. The van der Waals surface area contributed by atoms with Gasteiger partial charge >= 0.3 is 0 Å². The van der Waals surface area contributed by atoms with E-state index in [1.807, 2.05) is 0 Å². The lowest BCUT2D eigenvalue weighted by atomic mass is 9.94. The van der Waals surface area contributed by atoms with E-state index in [1.165, 1.54) is 57.2 Å². The van der Waals surface area contributed by atoms with Crippen LogP contribution in [0.1, 0.15) is 56.9 Å². The summed E-state index contributed by atoms with van der Waals surface area (Å²) in [6, 6.07) is 9.47. The van der Waals surface area contributed by atoms with Gasteiger partial charge in [0.25, 0.3) is 0 Å². The molecule has 4 nitrogen and oxygen atoms in total. The van der Waals surface area contributed by atoms with Crippen molar-refractivity contribution in [3.05, 3.63) is 29.8 Å². The lowest BCUT2D eigenvalue weighted by Crippen LogP contribution is -2.50. The Morgan fingerprint density at radius 2 is 1.78 bits per heavy atom. The van der Waals surface area contributed by atoms with Gasteiger partial charge in [0.1, 0.15) is 5.75 Å². The molecule has 1 N–H and O–H groups in total. The van der Waals surface area contributed by atoms with Gasteiger partial charge in [-0.05, 0) is 94.6 Å². The van der Waals surface area contributed by atoms with Crippen molar-refractivity contribution < 1.29 is 9.84 Å². The van der Waals surface area contributed by atoms with Gasteiger partial charge in [0.15, 0.2) is 0 Å². The first-order chi connectivity index (χ1) is 13.3. The molecule has 4 rings (SSSR count). The molecule has 2 saturated heterocycles. The maximum atomic E-state index is 9.37. The highest BCUT2D eigenvalue weighted by atomic mass is 16.5. The highest BCUT2D eigenvalue weighted by molar-refractivity contribution is 5.28. The third-order valence-corrected chi connectivity index (χ3v) is 6.81. The Hall–Kier alpha value is -1.10. The van der Waals surface area contributed by atoms with E-state index in [0.717, 1.165) is 38.2 Å². The maximum Gasteiger partial charge on any atom is 0.120 e. The molecule has 0 radical (unpaired) electrons. The summed E-state index contributed by atoms with van der Waals surface area (Å²) in [4.78, 5) is 5.30. The van der Waals surface area contributed by atoms with Gasteiger partial charge in [-0.15, -0.1) is 0 Å². The van der Waals surface area contributed by atoms with Gasteiger partial charge in [-0.3, -0.25) is 9.80 Å². The lowest BCUT2D eigenvalue weighted by molar-refractivity contribution is 0.0543. The van der Waals surface area contributed by atoms with Crippen molar-refractivity contribution in [3.63, 3.8) is 0 Å².